The number of aromatic nitrogens is 2. The summed E-state index contributed by atoms with van der Waals surface area (Å²) in [6.45, 7) is 1.75. The molecular weight excluding hydrogens is 271 g/mol. The normalized spacial score (nSPS) is 11.0. The van der Waals surface area contributed by atoms with E-state index >= 15 is 0 Å². The quantitative estimate of drug-likeness (QED) is 0.652. The van der Waals surface area contributed by atoms with Gasteiger partial charge in [0.05, 0.1) is 18.0 Å². The van der Waals surface area contributed by atoms with Crippen LogP contribution in [0.3, 0.4) is 0 Å². The predicted molar refractivity (Wildman–Crippen MR) is 67.0 cm³/mol. The van der Waals surface area contributed by atoms with Gasteiger partial charge in [-0.2, -0.15) is 5.10 Å². The van der Waals surface area contributed by atoms with Gasteiger partial charge in [-0.25, -0.2) is 17.9 Å². The molecule has 2 rings (SSSR count). The Bertz CT molecular complexity index is 563. The highest BCUT2D eigenvalue weighted by Crippen LogP contribution is 2.16. The monoisotopic (exact) mass is 285 g/mol. The maximum absolute atomic E-state index is 13.1. The van der Waals surface area contributed by atoms with E-state index in [1.54, 1.807) is 19.4 Å². The third-order valence-electron chi connectivity index (χ3n) is 2.67. The molecule has 7 heteroatoms. The Balaban J connectivity index is 2.08. The number of hydrogen-bond acceptors (Lipinski definition) is 3. The number of nitrogens with zero attached hydrogens (tertiary/aromatic N) is 2. The molecule has 0 aliphatic rings. The minimum Gasteiger partial charge on any atom is -0.383 e. The van der Waals surface area contributed by atoms with E-state index < -0.39 is 17.5 Å². The first-order valence-electron chi connectivity index (χ1n) is 6.01. The zero-order valence-corrected chi connectivity index (χ0v) is 10.9. The lowest BCUT2D eigenvalue weighted by Gasteiger charge is -2.04. The van der Waals surface area contributed by atoms with E-state index in [1.807, 2.05) is 0 Å². The van der Waals surface area contributed by atoms with Gasteiger partial charge in [0.2, 0.25) is 0 Å². The molecule has 2 aromatic rings. The van der Waals surface area contributed by atoms with E-state index in [9.17, 15) is 13.2 Å². The molecule has 108 valence electrons. The standard InChI is InChI=1S/C13H14F3N3O/c1-20-5-3-17-8-9-2-4-19(18-9)10-6-11(14)13(16)12(15)7-10/h2,4,6-7,17H,3,5,8H2,1H3. The van der Waals surface area contributed by atoms with Crippen LogP contribution in [0.1, 0.15) is 5.69 Å². The van der Waals surface area contributed by atoms with Crippen molar-refractivity contribution in [3.05, 3.63) is 47.5 Å². The van der Waals surface area contributed by atoms with Crippen molar-refractivity contribution < 1.29 is 17.9 Å². The van der Waals surface area contributed by atoms with Gasteiger partial charge in [-0.1, -0.05) is 0 Å². The largest absolute Gasteiger partial charge is 0.383 e. The minimum atomic E-state index is -1.48. The minimum absolute atomic E-state index is 0.129. The van der Waals surface area contributed by atoms with Crippen LogP contribution in [0.4, 0.5) is 13.2 Å². The topological polar surface area (TPSA) is 39.1 Å². The molecule has 0 spiro atoms. The second-order valence-electron chi connectivity index (χ2n) is 4.14. The molecule has 0 aliphatic carbocycles. The summed E-state index contributed by atoms with van der Waals surface area (Å²) in [4.78, 5) is 0. The SMILES string of the molecule is COCCNCc1ccn(-c2cc(F)c(F)c(F)c2)n1. The van der Waals surface area contributed by atoms with Gasteiger partial charge in [-0.3, -0.25) is 0 Å². The fraction of sp³-hybridized carbons (Fsp3) is 0.308. The van der Waals surface area contributed by atoms with E-state index in [1.165, 1.54) is 4.68 Å². The summed E-state index contributed by atoms with van der Waals surface area (Å²) in [5.74, 6) is -3.96. The number of benzene rings is 1. The van der Waals surface area contributed by atoms with Crippen molar-refractivity contribution in [2.45, 2.75) is 6.54 Å². The average molecular weight is 285 g/mol. The second kappa shape index (κ2) is 6.53. The molecule has 0 aliphatic heterocycles. The Labute approximate surface area is 114 Å². The number of rotatable bonds is 6. The molecule has 0 bridgehead atoms. The first-order valence-corrected chi connectivity index (χ1v) is 6.01. The second-order valence-corrected chi connectivity index (χ2v) is 4.14. The van der Waals surface area contributed by atoms with Crippen LogP contribution in [-0.2, 0) is 11.3 Å². The van der Waals surface area contributed by atoms with Gasteiger partial charge >= 0.3 is 0 Å². The molecule has 0 saturated carbocycles. The van der Waals surface area contributed by atoms with Crippen molar-refractivity contribution in [3.8, 4) is 5.69 Å². The van der Waals surface area contributed by atoms with Gasteiger partial charge in [0.1, 0.15) is 0 Å². The van der Waals surface area contributed by atoms with Gasteiger partial charge in [0.25, 0.3) is 0 Å². The fourth-order valence-corrected chi connectivity index (χ4v) is 1.66. The lowest BCUT2D eigenvalue weighted by molar-refractivity contribution is 0.199. The summed E-state index contributed by atoms with van der Waals surface area (Å²) in [7, 11) is 1.61. The Morgan fingerprint density at radius 3 is 2.60 bits per heavy atom. The molecule has 0 saturated heterocycles. The maximum Gasteiger partial charge on any atom is 0.194 e. The van der Waals surface area contributed by atoms with Gasteiger partial charge in [-0.15, -0.1) is 0 Å². The van der Waals surface area contributed by atoms with E-state index in [4.69, 9.17) is 4.74 Å². The molecule has 1 aromatic carbocycles. The van der Waals surface area contributed by atoms with E-state index in [-0.39, 0.29) is 5.69 Å². The van der Waals surface area contributed by atoms with Crippen LogP contribution in [0, 0.1) is 17.5 Å². The zero-order chi connectivity index (χ0) is 14.5. The first-order chi connectivity index (χ1) is 9.61. The summed E-state index contributed by atoms with van der Waals surface area (Å²) in [5, 5.41) is 7.24. The molecule has 0 fully saturated rings. The van der Waals surface area contributed by atoms with Crippen LogP contribution in [0.2, 0.25) is 0 Å². The molecule has 0 unspecified atom stereocenters. The number of methoxy groups -OCH3 is 1. The molecule has 1 N–H and O–H groups in total. The van der Waals surface area contributed by atoms with Crippen LogP contribution in [0.5, 0.6) is 0 Å². The van der Waals surface area contributed by atoms with E-state index in [0.29, 0.717) is 25.4 Å². The summed E-state index contributed by atoms with van der Waals surface area (Å²) < 4.78 is 45.3. The van der Waals surface area contributed by atoms with Crippen molar-refractivity contribution in [1.29, 1.82) is 0 Å². The highest BCUT2D eigenvalue weighted by atomic mass is 19.2. The van der Waals surface area contributed by atoms with Crippen LogP contribution in [0.15, 0.2) is 24.4 Å². The number of nitrogens with one attached hydrogen (secondary N) is 1. The van der Waals surface area contributed by atoms with Crippen LogP contribution >= 0.6 is 0 Å². The van der Waals surface area contributed by atoms with Gasteiger partial charge in [-0.05, 0) is 6.07 Å². The van der Waals surface area contributed by atoms with Crippen molar-refractivity contribution in [1.82, 2.24) is 15.1 Å². The predicted octanol–water partition coefficient (Wildman–Crippen LogP) is 2.03. The van der Waals surface area contributed by atoms with Crippen molar-refractivity contribution in [2.24, 2.45) is 0 Å². The van der Waals surface area contributed by atoms with Crippen LogP contribution < -0.4 is 5.32 Å². The zero-order valence-electron chi connectivity index (χ0n) is 10.9. The average Bonchev–Trinajstić information content (AvgIpc) is 2.89. The summed E-state index contributed by atoms with van der Waals surface area (Å²) in [6, 6.07) is 3.50. The maximum atomic E-state index is 13.1. The third-order valence-corrected chi connectivity index (χ3v) is 2.67. The van der Waals surface area contributed by atoms with Crippen LogP contribution in [0.25, 0.3) is 5.69 Å². The molecule has 1 aromatic heterocycles. The first kappa shape index (κ1) is 14.5. The molecule has 0 atom stereocenters. The molecular formula is C13H14F3N3O. The van der Waals surface area contributed by atoms with Gasteiger partial charge < -0.3 is 10.1 Å². The van der Waals surface area contributed by atoms with Crippen LogP contribution in [-0.4, -0.2) is 30.0 Å². The van der Waals surface area contributed by atoms with E-state index in [0.717, 1.165) is 12.1 Å². The Hall–Kier alpha value is -1.86. The number of halogens is 3. The lowest BCUT2D eigenvalue weighted by atomic mass is 10.3. The number of ether oxygens (including phenoxy) is 1. The molecule has 1 heterocycles. The summed E-state index contributed by atoms with van der Waals surface area (Å²) in [6.07, 6.45) is 1.56. The smallest absolute Gasteiger partial charge is 0.194 e. The lowest BCUT2D eigenvalue weighted by Crippen LogP contribution is -2.18. The molecule has 4 nitrogen and oxygen atoms in total. The Kier molecular flexibility index (Phi) is 4.75. The highest BCUT2D eigenvalue weighted by Gasteiger charge is 2.12. The Morgan fingerprint density at radius 1 is 1.25 bits per heavy atom. The van der Waals surface area contributed by atoms with Crippen molar-refractivity contribution in [3.63, 3.8) is 0 Å². The van der Waals surface area contributed by atoms with Crippen molar-refractivity contribution in [2.75, 3.05) is 20.3 Å². The molecule has 0 radical (unpaired) electrons. The summed E-state index contributed by atoms with van der Waals surface area (Å²) in [5.41, 5.74) is 0.829. The van der Waals surface area contributed by atoms with E-state index in [2.05, 4.69) is 10.4 Å². The number of hydrogen-bond donors (Lipinski definition) is 1. The molecule has 20 heavy (non-hydrogen) atoms. The van der Waals surface area contributed by atoms with Gasteiger partial charge in [0, 0.05) is 38.5 Å². The van der Waals surface area contributed by atoms with Crippen molar-refractivity contribution >= 4 is 0 Å². The summed E-state index contributed by atoms with van der Waals surface area (Å²) >= 11 is 0. The Morgan fingerprint density at radius 2 is 1.95 bits per heavy atom. The third kappa shape index (κ3) is 3.37. The molecule has 0 amide bonds. The fourth-order valence-electron chi connectivity index (χ4n) is 1.66. The van der Waals surface area contributed by atoms with Gasteiger partial charge in [0.15, 0.2) is 17.5 Å². The highest BCUT2D eigenvalue weighted by molar-refractivity contribution is 5.33.